The fraction of sp³-hybridized carbons (Fsp3) is 0.429. The Morgan fingerprint density at radius 1 is 0.920 bits per heavy atom. The standard InChI is InChI=1S/C21H27NO3/c23-21(18-7-3-1-4-8-18)17-22-13-11-20(12-14-22)25-16-15-24-19-9-5-2-6-10-19/h1-10,20-21,23H,11-17H2/t21-/m0/s1. The van der Waals surface area contributed by atoms with Crippen LogP contribution in [0.3, 0.4) is 0 Å². The summed E-state index contributed by atoms with van der Waals surface area (Å²) < 4.78 is 11.6. The van der Waals surface area contributed by atoms with Crippen molar-refractivity contribution in [2.45, 2.75) is 25.0 Å². The lowest BCUT2D eigenvalue weighted by Crippen LogP contribution is -2.39. The van der Waals surface area contributed by atoms with Crippen LogP contribution in [-0.2, 0) is 4.74 Å². The Labute approximate surface area is 150 Å². The second kappa shape index (κ2) is 9.56. The first kappa shape index (κ1) is 17.9. The van der Waals surface area contributed by atoms with Gasteiger partial charge in [0, 0.05) is 19.6 Å². The van der Waals surface area contributed by atoms with Crippen LogP contribution in [-0.4, -0.2) is 49.0 Å². The fourth-order valence-corrected chi connectivity index (χ4v) is 3.17. The molecule has 1 atom stereocenters. The Balaban J connectivity index is 1.31. The smallest absolute Gasteiger partial charge is 0.119 e. The molecule has 0 bridgehead atoms. The van der Waals surface area contributed by atoms with Crippen LogP contribution in [0.4, 0.5) is 0 Å². The average molecular weight is 341 g/mol. The molecule has 134 valence electrons. The highest BCUT2D eigenvalue weighted by Crippen LogP contribution is 2.19. The highest BCUT2D eigenvalue weighted by molar-refractivity contribution is 5.20. The lowest BCUT2D eigenvalue weighted by Gasteiger charge is -2.33. The van der Waals surface area contributed by atoms with E-state index in [1.165, 1.54) is 0 Å². The number of ether oxygens (including phenoxy) is 2. The van der Waals surface area contributed by atoms with Crippen LogP contribution < -0.4 is 4.74 Å². The van der Waals surface area contributed by atoms with Gasteiger partial charge in [0.25, 0.3) is 0 Å². The molecule has 0 aliphatic carbocycles. The molecule has 1 aliphatic rings. The minimum atomic E-state index is -0.419. The predicted octanol–water partition coefficient (Wildman–Crippen LogP) is 3.28. The van der Waals surface area contributed by atoms with Gasteiger partial charge in [-0.2, -0.15) is 0 Å². The number of aliphatic hydroxyl groups is 1. The van der Waals surface area contributed by atoms with Crippen LogP contribution in [0.25, 0.3) is 0 Å². The molecule has 1 N–H and O–H groups in total. The van der Waals surface area contributed by atoms with Gasteiger partial charge in [-0.3, -0.25) is 0 Å². The summed E-state index contributed by atoms with van der Waals surface area (Å²) in [4.78, 5) is 2.32. The molecule has 1 saturated heterocycles. The van der Waals surface area contributed by atoms with Gasteiger partial charge in [-0.1, -0.05) is 48.5 Å². The Kier molecular flexibility index (Phi) is 6.86. The van der Waals surface area contributed by atoms with Crippen molar-refractivity contribution in [2.75, 3.05) is 32.8 Å². The van der Waals surface area contributed by atoms with Crippen LogP contribution >= 0.6 is 0 Å². The Bertz CT molecular complexity index is 597. The largest absolute Gasteiger partial charge is 0.491 e. The van der Waals surface area contributed by atoms with Crippen molar-refractivity contribution in [3.05, 3.63) is 66.2 Å². The van der Waals surface area contributed by atoms with Crippen molar-refractivity contribution in [2.24, 2.45) is 0 Å². The molecule has 0 spiro atoms. The lowest BCUT2D eigenvalue weighted by atomic mass is 10.1. The fourth-order valence-electron chi connectivity index (χ4n) is 3.17. The maximum atomic E-state index is 10.3. The van der Waals surface area contributed by atoms with Gasteiger partial charge in [0.1, 0.15) is 12.4 Å². The van der Waals surface area contributed by atoms with Gasteiger partial charge < -0.3 is 19.5 Å². The summed E-state index contributed by atoms with van der Waals surface area (Å²) in [7, 11) is 0. The van der Waals surface area contributed by atoms with Gasteiger partial charge in [-0.15, -0.1) is 0 Å². The zero-order valence-corrected chi connectivity index (χ0v) is 14.6. The summed E-state index contributed by atoms with van der Waals surface area (Å²) in [5.74, 6) is 0.885. The van der Waals surface area contributed by atoms with Gasteiger partial charge in [-0.25, -0.2) is 0 Å². The topological polar surface area (TPSA) is 41.9 Å². The molecule has 0 unspecified atom stereocenters. The van der Waals surface area contributed by atoms with Crippen molar-refractivity contribution in [1.29, 1.82) is 0 Å². The molecule has 4 heteroatoms. The number of piperidine rings is 1. The number of para-hydroxylation sites is 1. The molecule has 1 aliphatic heterocycles. The van der Waals surface area contributed by atoms with E-state index in [0.717, 1.165) is 37.2 Å². The first-order valence-corrected chi connectivity index (χ1v) is 9.06. The van der Waals surface area contributed by atoms with Crippen molar-refractivity contribution in [3.63, 3.8) is 0 Å². The second-order valence-corrected chi connectivity index (χ2v) is 6.46. The van der Waals surface area contributed by atoms with E-state index < -0.39 is 6.10 Å². The van der Waals surface area contributed by atoms with E-state index >= 15 is 0 Å². The molecule has 0 radical (unpaired) electrons. The van der Waals surface area contributed by atoms with Crippen molar-refractivity contribution >= 4 is 0 Å². The van der Waals surface area contributed by atoms with E-state index in [1.54, 1.807) is 0 Å². The van der Waals surface area contributed by atoms with Gasteiger partial charge in [0.05, 0.1) is 18.8 Å². The summed E-state index contributed by atoms with van der Waals surface area (Å²) in [6.07, 6.45) is 1.89. The first-order valence-electron chi connectivity index (χ1n) is 9.06. The summed E-state index contributed by atoms with van der Waals surface area (Å²) in [5, 5.41) is 10.3. The van der Waals surface area contributed by atoms with E-state index in [-0.39, 0.29) is 0 Å². The van der Waals surface area contributed by atoms with E-state index in [4.69, 9.17) is 9.47 Å². The Morgan fingerprint density at radius 2 is 1.56 bits per heavy atom. The molecule has 0 amide bonds. The van der Waals surface area contributed by atoms with E-state index in [0.29, 0.717) is 25.9 Å². The van der Waals surface area contributed by atoms with Crippen LogP contribution in [0.1, 0.15) is 24.5 Å². The number of rotatable bonds is 8. The maximum absolute atomic E-state index is 10.3. The van der Waals surface area contributed by atoms with Crippen molar-refractivity contribution in [3.8, 4) is 5.75 Å². The summed E-state index contributed by atoms with van der Waals surface area (Å²) in [6, 6.07) is 19.7. The normalized spacial score (nSPS) is 17.3. The van der Waals surface area contributed by atoms with E-state index in [2.05, 4.69) is 4.90 Å². The summed E-state index contributed by atoms with van der Waals surface area (Å²) in [5.41, 5.74) is 0.985. The molecular weight excluding hydrogens is 314 g/mol. The summed E-state index contributed by atoms with van der Waals surface area (Å²) >= 11 is 0. The number of hydrogen-bond acceptors (Lipinski definition) is 4. The van der Waals surface area contributed by atoms with Crippen LogP contribution in [0, 0.1) is 0 Å². The number of aliphatic hydroxyl groups excluding tert-OH is 1. The first-order chi connectivity index (χ1) is 12.3. The minimum Gasteiger partial charge on any atom is -0.491 e. The third-order valence-corrected chi connectivity index (χ3v) is 4.60. The Hall–Kier alpha value is -1.88. The summed E-state index contributed by atoms with van der Waals surface area (Å²) in [6.45, 7) is 3.82. The van der Waals surface area contributed by atoms with Gasteiger partial charge in [0.15, 0.2) is 0 Å². The van der Waals surface area contributed by atoms with Crippen LogP contribution in [0.15, 0.2) is 60.7 Å². The monoisotopic (exact) mass is 341 g/mol. The Morgan fingerprint density at radius 3 is 2.24 bits per heavy atom. The zero-order valence-electron chi connectivity index (χ0n) is 14.6. The van der Waals surface area contributed by atoms with Crippen LogP contribution in [0.2, 0.25) is 0 Å². The lowest BCUT2D eigenvalue weighted by molar-refractivity contribution is -0.0121. The maximum Gasteiger partial charge on any atom is 0.119 e. The molecule has 1 heterocycles. The number of benzene rings is 2. The minimum absolute atomic E-state index is 0.296. The second-order valence-electron chi connectivity index (χ2n) is 6.46. The predicted molar refractivity (Wildman–Crippen MR) is 98.8 cm³/mol. The van der Waals surface area contributed by atoms with E-state index in [1.807, 2.05) is 60.7 Å². The third kappa shape index (κ3) is 5.85. The quantitative estimate of drug-likeness (QED) is 0.748. The number of hydrogen-bond donors (Lipinski definition) is 1. The molecule has 0 aromatic heterocycles. The molecule has 2 aromatic carbocycles. The SMILES string of the molecule is O[C@@H](CN1CCC(OCCOc2ccccc2)CC1)c1ccccc1. The van der Waals surface area contributed by atoms with Gasteiger partial charge in [-0.05, 0) is 30.5 Å². The molecule has 3 rings (SSSR count). The molecule has 25 heavy (non-hydrogen) atoms. The molecule has 1 fully saturated rings. The zero-order chi connectivity index (χ0) is 17.3. The molecular formula is C21H27NO3. The number of β-amino-alcohol motifs (C(OH)–C–C–N with tert-alkyl or cyclic N) is 1. The number of likely N-dealkylation sites (tertiary alicyclic amines) is 1. The van der Waals surface area contributed by atoms with Crippen LogP contribution in [0.5, 0.6) is 5.75 Å². The van der Waals surface area contributed by atoms with Gasteiger partial charge in [0.2, 0.25) is 0 Å². The highest BCUT2D eigenvalue weighted by atomic mass is 16.5. The molecule has 0 saturated carbocycles. The van der Waals surface area contributed by atoms with Crippen molar-refractivity contribution in [1.82, 2.24) is 4.90 Å². The number of nitrogens with zero attached hydrogens (tertiary/aromatic N) is 1. The van der Waals surface area contributed by atoms with Crippen molar-refractivity contribution < 1.29 is 14.6 Å². The highest BCUT2D eigenvalue weighted by Gasteiger charge is 2.21. The average Bonchev–Trinajstić information content (AvgIpc) is 2.68. The molecule has 4 nitrogen and oxygen atoms in total. The molecule has 2 aromatic rings. The third-order valence-electron chi connectivity index (χ3n) is 4.60. The van der Waals surface area contributed by atoms with Gasteiger partial charge >= 0.3 is 0 Å². The van der Waals surface area contributed by atoms with E-state index in [9.17, 15) is 5.11 Å².